The van der Waals surface area contributed by atoms with Crippen molar-refractivity contribution in [3.8, 4) is 0 Å². The Balaban J connectivity index is 2.43. The van der Waals surface area contributed by atoms with Gasteiger partial charge in [0, 0.05) is 11.4 Å². The van der Waals surface area contributed by atoms with Gasteiger partial charge in [-0.2, -0.15) is 0 Å². The van der Waals surface area contributed by atoms with Crippen LogP contribution in [0.4, 0.5) is 10.1 Å². The second-order valence-electron chi connectivity index (χ2n) is 4.46. The molecule has 0 atom stereocenters. The Bertz CT molecular complexity index is 739. The van der Waals surface area contributed by atoms with Crippen molar-refractivity contribution >= 4 is 27.0 Å². The number of nitrogens with two attached hydrogens (primary N) is 1. The van der Waals surface area contributed by atoms with Crippen molar-refractivity contribution in [3.05, 3.63) is 45.4 Å². The number of hydrogen-bond donors (Lipinski definition) is 2. The van der Waals surface area contributed by atoms with Crippen molar-refractivity contribution in [2.45, 2.75) is 25.3 Å². The van der Waals surface area contributed by atoms with E-state index in [1.807, 2.05) is 0 Å². The number of aryl methyl sites for hydroxylation is 2. The predicted octanol–water partition coefficient (Wildman–Crippen LogP) is 2.76. The zero-order valence-corrected chi connectivity index (χ0v) is 12.7. The third-order valence-electron chi connectivity index (χ3n) is 2.81. The van der Waals surface area contributed by atoms with Crippen LogP contribution in [0.3, 0.4) is 0 Å². The summed E-state index contributed by atoms with van der Waals surface area (Å²) in [6, 6.07) is 4.33. The van der Waals surface area contributed by atoms with E-state index in [1.165, 1.54) is 23.5 Å². The molecule has 0 saturated heterocycles. The summed E-state index contributed by atoms with van der Waals surface area (Å²) in [5, 5.41) is 1.72. The van der Waals surface area contributed by atoms with Crippen LogP contribution in [0.5, 0.6) is 0 Å². The number of anilines is 1. The van der Waals surface area contributed by atoms with Crippen LogP contribution in [-0.4, -0.2) is 8.42 Å². The lowest BCUT2D eigenvalue weighted by atomic mass is 10.2. The highest BCUT2D eigenvalue weighted by molar-refractivity contribution is 7.93. The molecule has 20 heavy (non-hydrogen) atoms. The lowest BCUT2D eigenvalue weighted by Gasteiger charge is -2.10. The predicted molar refractivity (Wildman–Crippen MR) is 78.9 cm³/mol. The number of thiophene rings is 1. The van der Waals surface area contributed by atoms with Crippen molar-refractivity contribution in [2.75, 3.05) is 4.72 Å². The minimum Gasteiger partial charge on any atom is -0.326 e. The zero-order valence-electron chi connectivity index (χ0n) is 11.1. The van der Waals surface area contributed by atoms with Gasteiger partial charge in [0.25, 0.3) is 10.0 Å². The Labute approximate surface area is 121 Å². The standard InChI is InChI=1S/C13H15FN2O2S2/c1-8-3-4-11(10(14)5-8)16-20(17,18)13-9(2)7-19-12(13)6-15/h3-5,7,16H,6,15H2,1-2H3. The van der Waals surface area contributed by atoms with E-state index in [1.54, 1.807) is 25.3 Å². The molecule has 0 aliphatic heterocycles. The summed E-state index contributed by atoms with van der Waals surface area (Å²) >= 11 is 1.28. The molecule has 0 amide bonds. The molecule has 4 nitrogen and oxygen atoms in total. The lowest BCUT2D eigenvalue weighted by molar-refractivity contribution is 0.597. The zero-order chi connectivity index (χ0) is 14.9. The monoisotopic (exact) mass is 314 g/mol. The molecule has 2 rings (SSSR count). The fourth-order valence-corrected chi connectivity index (χ4v) is 4.66. The third kappa shape index (κ3) is 2.84. The maximum absolute atomic E-state index is 13.8. The van der Waals surface area contributed by atoms with E-state index < -0.39 is 15.8 Å². The maximum Gasteiger partial charge on any atom is 0.263 e. The molecular weight excluding hydrogens is 299 g/mol. The largest absolute Gasteiger partial charge is 0.326 e. The minimum absolute atomic E-state index is 0.0656. The highest BCUT2D eigenvalue weighted by atomic mass is 32.2. The van der Waals surface area contributed by atoms with Gasteiger partial charge in [-0.15, -0.1) is 11.3 Å². The first-order valence-electron chi connectivity index (χ1n) is 5.91. The average molecular weight is 314 g/mol. The number of sulfonamides is 1. The third-order valence-corrected chi connectivity index (χ3v) is 5.66. The second-order valence-corrected chi connectivity index (χ2v) is 7.05. The van der Waals surface area contributed by atoms with Gasteiger partial charge in [-0.25, -0.2) is 12.8 Å². The maximum atomic E-state index is 13.8. The Kier molecular flexibility index (Phi) is 4.12. The van der Waals surface area contributed by atoms with Crippen molar-refractivity contribution < 1.29 is 12.8 Å². The number of rotatable bonds is 4. The minimum atomic E-state index is -3.84. The summed E-state index contributed by atoms with van der Waals surface area (Å²) in [5.74, 6) is -0.601. The van der Waals surface area contributed by atoms with Gasteiger partial charge in [-0.3, -0.25) is 4.72 Å². The Morgan fingerprint density at radius 2 is 2.05 bits per heavy atom. The van der Waals surface area contributed by atoms with Gasteiger partial charge in [0.2, 0.25) is 0 Å². The molecular formula is C13H15FN2O2S2. The molecule has 0 aliphatic rings. The van der Waals surface area contributed by atoms with E-state index >= 15 is 0 Å². The molecule has 1 aromatic heterocycles. The lowest BCUT2D eigenvalue weighted by Crippen LogP contribution is -2.16. The molecule has 0 bridgehead atoms. The van der Waals surface area contributed by atoms with Gasteiger partial charge >= 0.3 is 0 Å². The summed E-state index contributed by atoms with van der Waals surface area (Å²) in [6.07, 6.45) is 0. The molecule has 0 aliphatic carbocycles. The normalized spacial score (nSPS) is 11.6. The molecule has 0 radical (unpaired) electrons. The summed E-state index contributed by atoms with van der Waals surface area (Å²) in [6.45, 7) is 3.55. The van der Waals surface area contributed by atoms with Crippen LogP contribution < -0.4 is 10.5 Å². The number of hydrogen-bond acceptors (Lipinski definition) is 4. The average Bonchev–Trinajstić information content (AvgIpc) is 2.75. The molecule has 0 fully saturated rings. The van der Waals surface area contributed by atoms with Crippen molar-refractivity contribution in [1.29, 1.82) is 0 Å². The van der Waals surface area contributed by atoms with Gasteiger partial charge in [0.15, 0.2) is 0 Å². The molecule has 1 heterocycles. The molecule has 0 saturated carbocycles. The number of benzene rings is 1. The van der Waals surface area contributed by atoms with Crippen LogP contribution in [0.15, 0.2) is 28.5 Å². The van der Waals surface area contributed by atoms with Crippen LogP contribution in [0, 0.1) is 19.7 Å². The molecule has 3 N–H and O–H groups in total. The number of halogens is 1. The highest BCUT2D eigenvalue weighted by Gasteiger charge is 2.23. The Morgan fingerprint density at radius 1 is 1.35 bits per heavy atom. The van der Waals surface area contributed by atoms with Gasteiger partial charge in [0.05, 0.1) is 5.69 Å². The molecule has 0 spiro atoms. The van der Waals surface area contributed by atoms with Crippen LogP contribution in [0.25, 0.3) is 0 Å². The summed E-state index contributed by atoms with van der Waals surface area (Å²) in [5.41, 5.74) is 6.81. The van der Waals surface area contributed by atoms with E-state index in [2.05, 4.69) is 4.72 Å². The van der Waals surface area contributed by atoms with Crippen LogP contribution in [-0.2, 0) is 16.6 Å². The summed E-state index contributed by atoms with van der Waals surface area (Å²) in [7, 11) is -3.84. The fourth-order valence-electron chi connectivity index (χ4n) is 1.89. The van der Waals surface area contributed by atoms with Crippen molar-refractivity contribution in [2.24, 2.45) is 5.73 Å². The molecule has 2 aromatic rings. The second kappa shape index (κ2) is 5.51. The molecule has 108 valence electrons. The smallest absolute Gasteiger partial charge is 0.263 e. The quantitative estimate of drug-likeness (QED) is 0.911. The summed E-state index contributed by atoms with van der Waals surface area (Å²) < 4.78 is 40.8. The van der Waals surface area contributed by atoms with Crippen LogP contribution >= 0.6 is 11.3 Å². The van der Waals surface area contributed by atoms with Crippen LogP contribution in [0.2, 0.25) is 0 Å². The van der Waals surface area contributed by atoms with Crippen LogP contribution in [0.1, 0.15) is 16.0 Å². The Morgan fingerprint density at radius 3 is 2.65 bits per heavy atom. The first-order valence-corrected chi connectivity index (χ1v) is 8.27. The van der Waals surface area contributed by atoms with E-state index in [0.29, 0.717) is 10.4 Å². The van der Waals surface area contributed by atoms with Gasteiger partial charge < -0.3 is 5.73 Å². The van der Waals surface area contributed by atoms with E-state index in [4.69, 9.17) is 5.73 Å². The fraction of sp³-hybridized carbons (Fsp3) is 0.231. The number of nitrogens with one attached hydrogen (secondary N) is 1. The van der Waals surface area contributed by atoms with Crippen molar-refractivity contribution in [3.63, 3.8) is 0 Å². The summed E-state index contributed by atoms with van der Waals surface area (Å²) in [4.78, 5) is 0.701. The van der Waals surface area contributed by atoms with E-state index in [-0.39, 0.29) is 17.1 Å². The van der Waals surface area contributed by atoms with Gasteiger partial charge in [0.1, 0.15) is 10.7 Å². The topological polar surface area (TPSA) is 72.2 Å². The SMILES string of the molecule is Cc1ccc(NS(=O)(=O)c2c(C)csc2CN)c(F)c1. The van der Waals surface area contributed by atoms with E-state index in [0.717, 1.165) is 5.56 Å². The van der Waals surface area contributed by atoms with Gasteiger partial charge in [-0.05, 0) is 42.5 Å². The molecule has 7 heteroatoms. The Hall–Kier alpha value is -1.44. The van der Waals surface area contributed by atoms with Gasteiger partial charge in [-0.1, -0.05) is 6.07 Å². The molecule has 0 unspecified atom stereocenters. The van der Waals surface area contributed by atoms with Crippen molar-refractivity contribution in [1.82, 2.24) is 0 Å². The molecule has 1 aromatic carbocycles. The first-order chi connectivity index (χ1) is 9.35. The highest BCUT2D eigenvalue weighted by Crippen LogP contribution is 2.29. The van der Waals surface area contributed by atoms with E-state index in [9.17, 15) is 12.8 Å². The first kappa shape index (κ1) is 15.0.